The first-order chi connectivity index (χ1) is 16.4. The fourth-order valence-corrected chi connectivity index (χ4v) is 3.89. The summed E-state index contributed by atoms with van der Waals surface area (Å²) in [5.41, 5.74) is -0.476. The Morgan fingerprint density at radius 2 is 1.51 bits per heavy atom. The summed E-state index contributed by atoms with van der Waals surface area (Å²) in [6, 6.07) is 0.0109. The van der Waals surface area contributed by atoms with Crippen LogP contribution < -0.4 is 0 Å². The minimum Gasteiger partial charge on any atom is -0.481 e. The number of carbonyl (C=O) groups excluding carboxylic acids is 3. The van der Waals surface area contributed by atoms with Crippen molar-refractivity contribution in [1.29, 1.82) is 0 Å². The van der Waals surface area contributed by atoms with Crippen LogP contribution >= 0.6 is 0 Å². The van der Waals surface area contributed by atoms with Gasteiger partial charge in [0, 0.05) is 50.4 Å². The molecule has 1 fully saturated rings. The topological polar surface area (TPSA) is 113 Å². The van der Waals surface area contributed by atoms with E-state index in [1.165, 1.54) is 0 Å². The number of likely N-dealkylation sites (tertiary alicyclic amines) is 1. The number of nitrogens with zero attached hydrogens (tertiary/aromatic N) is 2. The molecule has 1 N–H and O–H groups in total. The number of rotatable bonds is 16. The van der Waals surface area contributed by atoms with E-state index >= 15 is 0 Å². The number of Topliss-reactive ketones (excluding diaryl/α,β-unsaturated/α-hetero) is 1. The molecule has 202 valence electrons. The number of aliphatic carboxylic acids is 1. The maximum atomic E-state index is 13.1. The lowest BCUT2D eigenvalue weighted by Gasteiger charge is -2.39. The lowest BCUT2D eigenvalue weighted by Crippen LogP contribution is -2.50. The Balaban J connectivity index is 2.58. The molecule has 1 aliphatic heterocycles. The average molecular weight is 499 g/mol. The molecule has 2 amide bonds. The number of piperidine rings is 1. The normalized spacial score (nSPS) is 14.9. The molecule has 1 aliphatic rings. The van der Waals surface area contributed by atoms with E-state index in [2.05, 4.69) is 13.8 Å². The molecular weight excluding hydrogens is 452 g/mol. The van der Waals surface area contributed by atoms with Crippen molar-refractivity contribution in [3.05, 3.63) is 0 Å². The number of carbonyl (C=O) groups is 4. The molecule has 0 aliphatic carbocycles. The SMILES string of the molecule is CC(C)CCC(=O)N1CCC(N(CCOCCOCCC(=O)O)C(=O)CCC(=O)C(C)(C)C)CC1. The third-order valence-corrected chi connectivity index (χ3v) is 6.23. The summed E-state index contributed by atoms with van der Waals surface area (Å²) in [5, 5.41) is 8.62. The largest absolute Gasteiger partial charge is 0.481 e. The second-order valence-corrected chi connectivity index (χ2v) is 10.7. The van der Waals surface area contributed by atoms with E-state index in [4.69, 9.17) is 14.6 Å². The zero-order valence-corrected chi connectivity index (χ0v) is 22.3. The van der Waals surface area contributed by atoms with Gasteiger partial charge < -0.3 is 24.4 Å². The Labute approximate surface area is 210 Å². The number of hydrogen-bond donors (Lipinski definition) is 1. The van der Waals surface area contributed by atoms with Crippen molar-refractivity contribution in [1.82, 2.24) is 9.80 Å². The molecule has 0 aromatic heterocycles. The van der Waals surface area contributed by atoms with Gasteiger partial charge in [-0.3, -0.25) is 19.2 Å². The van der Waals surface area contributed by atoms with E-state index < -0.39 is 11.4 Å². The van der Waals surface area contributed by atoms with Gasteiger partial charge in [0.25, 0.3) is 0 Å². The quantitative estimate of drug-likeness (QED) is 0.325. The molecule has 9 heteroatoms. The highest BCUT2D eigenvalue weighted by Crippen LogP contribution is 2.22. The van der Waals surface area contributed by atoms with Crippen LogP contribution in [-0.2, 0) is 28.7 Å². The van der Waals surface area contributed by atoms with E-state index in [1.54, 1.807) is 0 Å². The second-order valence-electron chi connectivity index (χ2n) is 10.7. The number of carboxylic acids is 1. The minimum absolute atomic E-state index is 0.0109. The molecule has 0 atom stereocenters. The Morgan fingerprint density at radius 3 is 2.06 bits per heavy atom. The van der Waals surface area contributed by atoms with E-state index in [1.807, 2.05) is 30.6 Å². The highest BCUT2D eigenvalue weighted by molar-refractivity contribution is 5.88. The highest BCUT2D eigenvalue weighted by Gasteiger charge is 2.30. The van der Waals surface area contributed by atoms with Crippen molar-refractivity contribution >= 4 is 23.6 Å². The van der Waals surface area contributed by atoms with Crippen LogP contribution in [-0.4, -0.2) is 90.6 Å². The average Bonchev–Trinajstić information content (AvgIpc) is 2.79. The van der Waals surface area contributed by atoms with Crippen LogP contribution in [0.25, 0.3) is 0 Å². The lowest BCUT2D eigenvalue weighted by molar-refractivity contribution is -0.139. The van der Waals surface area contributed by atoms with E-state index in [-0.39, 0.29) is 56.1 Å². The van der Waals surface area contributed by atoms with Crippen LogP contribution in [0.4, 0.5) is 0 Å². The smallest absolute Gasteiger partial charge is 0.305 e. The van der Waals surface area contributed by atoms with Gasteiger partial charge in [0.15, 0.2) is 0 Å². The van der Waals surface area contributed by atoms with E-state index in [0.29, 0.717) is 58.0 Å². The zero-order chi connectivity index (χ0) is 26.4. The Morgan fingerprint density at radius 1 is 0.914 bits per heavy atom. The Kier molecular flexibility index (Phi) is 14.1. The van der Waals surface area contributed by atoms with Crippen LogP contribution in [0.5, 0.6) is 0 Å². The summed E-state index contributed by atoms with van der Waals surface area (Å²) in [6.45, 7) is 12.5. The van der Waals surface area contributed by atoms with Crippen molar-refractivity contribution in [3.8, 4) is 0 Å². The number of carboxylic acid groups (broad SMARTS) is 1. The van der Waals surface area contributed by atoms with Crippen LogP contribution in [0.15, 0.2) is 0 Å². The summed E-state index contributed by atoms with van der Waals surface area (Å²) < 4.78 is 10.8. The first kappa shape index (κ1) is 31.0. The molecule has 0 saturated carbocycles. The van der Waals surface area contributed by atoms with E-state index in [0.717, 1.165) is 6.42 Å². The van der Waals surface area contributed by atoms with Crippen LogP contribution in [0.3, 0.4) is 0 Å². The van der Waals surface area contributed by atoms with Crippen molar-refractivity contribution < 1.29 is 33.8 Å². The minimum atomic E-state index is -0.905. The van der Waals surface area contributed by atoms with Gasteiger partial charge in [-0.05, 0) is 25.2 Å². The maximum absolute atomic E-state index is 13.1. The predicted molar refractivity (Wildman–Crippen MR) is 133 cm³/mol. The standard InChI is InChI=1S/C26H46N2O7/c1-20(2)6-8-23(30)27-13-10-21(11-14-27)28(24(31)9-7-22(29)26(3,4)5)15-17-35-19-18-34-16-12-25(32)33/h20-21H,6-19H2,1-5H3,(H,32,33). The molecule has 1 rings (SSSR count). The molecule has 0 unspecified atom stereocenters. The van der Waals surface area contributed by atoms with Gasteiger partial charge in [-0.25, -0.2) is 0 Å². The highest BCUT2D eigenvalue weighted by atomic mass is 16.5. The third-order valence-electron chi connectivity index (χ3n) is 6.23. The summed E-state index contributed by atoms with van der Waals surface area (Å²) >= 11 is 0. The van der Waals surface area contributed by atoms with Crippen molar-refractivity contribution in [3.63, 3.8) is 0 Å². The number of amides is 2. The summed E-state index contributed by atoms with van der Waals surface area (Å²) in [6.07, 6.45) is 3.19. The molecule has 0 spiro atoms. The number of ketones is 1. The van der Waals surface area contributed by atoms with Crippen LogP contribution in [0.1, 0.15) is 79.6 Å². The van der Waals surface area contributed by atoms with Crippen molar-refractivity contribution in [2.45, 2.75) is 85.6 Å². The first-order valence-corrected chi connectivity index (χ1v) is 12.9. The maximum Gasteiger partial charge on any atom is 0.305 e. The van der Waals surface area contributed by atoms with Crippen molar-refractivity contribution in [2.75, 3.05) is 46.1 Å². The molecular formula is C26H46N2O7. The van der Waals surface area contributed by atoms with Crippen molar-refractivity contribution in [2.24, 2.45) is 11.3 Å². The Hall–Kier alpha value is -2.00. The molecule has 0 bridgehead atoms. The summed E-state index contributed by atoms with van der Waals surface area (Å²) in [5.74, 6) is -0.239. The van der Waals surface area contributed by atoms with Gasteiger partial charge in [0.05, 0.1) is 32.8 Å². The monoisotopic (exact) mass is 498 g/mol. The van der Waals surface area contributed by atoms with Gasteiger partial charge in [-0.15, -0.1) is 0 Å². The third kappa shape index (κ3) is 13.0. The molecule has 35 heavy (non-hydrogen) atoms. The van der Waals surface area contributed by atoms with Crippen LogP contribution in [0, 0.1) is 11.3 Å². The molecule has 0 aromatic rings. The van der Waals surface area contributed by atoms with Gasteiger partial charge in [0.1, 0.15) is 5.78 Å². The van der Waals surface area contributed by atoms with E-state index in [9.17, 15) is 19.2 Å². The lowest BCUT2D eigenvalue weighted by atomic mass is 9.88. The molecule has 0 aromatic carbocycles. The van der Waals surface area contributed by atoms with Gasteiger partial charge in [-0.1, -0.05) is 34.6 Å². The fraction of sp³-hybridized carbons (Fsp3) is 0.846. The van der Waals surface area contributed by atoms with Gasteiger partial charge in [-0.2, -0.15) is 0 Å². The van der Waals surface area contributed by atoms with Gasteiger partial charge >= 0.3 is 5.97 Å². The van der Waals surface area contributed by atoms with Gasteiger partial charge in [0.2, 0.25) is 11.8 Å². The summed E-state index contributed by atoms with van der Waals surface area (Å²) in [7, 11) is 0. The second kappa shape index (κ2) is 15.9. The summed E-state index contributed by atoms with van der Waals surface area (Å²) in [4.78, 5) is 52.1. The molecule has 1 heterocycles. The first-order valence-electron chi connectivity index (χ1n) is 12.9. The zero-order valence-electron chi connectivity index (χ0n) is 22.3. The fourth-order valence-electron chi connectivity index (χ4n) is 3.89. The Bertz CT molecular complexity index is 680. The number of hydrogen-bond acceptors (Lipinski definition) is 6. The molecule has 9 nitrogen and oxygen atoms in total. The van der Waals surface area contributed by atoms with Crippen LogP contribution in [0.2, 0.25) is 0 Å². The molecule has 0 radical (unpaired) electrons. The predicted octanol–water partition coefficient (Wildman–Crippen LogP) is 3.15. The molecule has 1 saturated heterocycles. The number of ether oxygens (including phenoxy) is 2.